The van der Waals surface area contributed by atoms with Crippen LogP contribution >= 0.6 is 11.8 Å². The van der Waals surface area contributed by atoms with Gasteiger partial charge in [0.15, 0.2) is 11.0 Å². The molecule has 44 heavy (non-hydrogen) atoms. The highest BCUT2D eigenvalue weighted by Crippen LogP contribution is 2.34. The van der Waals surface area contributed by atoms with Crippen molar-refractivity contribution in [3.05, 3.63) is 89.7 Å². The molecule has 1 aliphatic heterocycles. The number of benzene rings is 3. The molecule has 1 aromatic heterocycles. The fourth-order valence-electron chi connectivity index (χ4n) is 5.07. The van der Waals surface area contributed by atoms with Crippen LogP contribution in [-0.2, 0) is 6.42 Å². The second-order valence-corrected chi connectivity index (χ2v) is 11.7. The molecule has 1 saturated heterocycles. The van der Waals surface area contributed by atoms with Gasteiger partial charge in [0, 0.05) is 35.7 Å². The minimum Gasteiger partial charge on any atom is -0.406 e. The maximum Gasteiger partial charge on any atom is 0.573 e. The molecule has 0 radical (unpaired) electrons. The second kappa shape index (κ2) is 13.0. The molecule has 2 amide bonds. The van der Waals surface area contributed by atoms with E-state index in [1.165, 1.54) is 46.4 Å². The zero-order chi connectivity index (χ0) is 31.4. The monoisotopic (exact) mass is 620 g/mol. The largest absolute Gasteiger partial charge is 0.573 e. The van der Waals surface area contributed by atoms with E-state index < -0.39 is 12.4 Å². The molecular formula is C32H31F3N6O2S. The van der Waals surface area contributed by atoms with Gasteiger partial charge in [-0.1, -0.05) is 62.0 Å². The number of urea groups is 1. The van der Waals surface area contributed by atoms with Crippen LogP contribution in [0.25, 0.3) is 17.1 Å². The van der Waals surface area contributed by atoms with Crippen molar-refractivity contribution in [1.29, 1.82) is 0 Å². The average molecular weight is 621 g/mol. The predicted octanol–water partition coefficient (Wildman–Crippen LogP) is 8.00. The summed E-state index contributed by atoms with van der Waals surface area (Å²) in [5.74, 6) is 1.33. The number of anilines is 1. The van der Waals surface area contributed by atoms with E-state index in [-0.39, 0.29) is 5.75 Å². The summed E-state index contributed by atoms with van der Waals surface area (Å²) in [5, 5.41) is 5.10. The summed E-state index contributed by atoms with van der Waals surface area (Å²) >= 11 is 1.56. The molecule has 5 rings (SSSR count). The lowest BCUT2D eigenvalue weighted by Crippen LogP contribution is -2.26. The zero-order valence-corrected chi connectivity index (χ0v) is 25.5. The Labute approximate surface area is 257 Å². The van der Waals surface area contributed by atoms with Crippen LogP contribution in [0.3, 0.4) is 0 Å². The Morgan fingerprint density at radius 2 is 1.80 bits per heavy atom. The van der Waals surface area contributed by atoms with Gasteiger partial charge in [0.05, 0.1) is 5.69 Å². The van der Waals surface area contributed by atoms with Gasteiger partial charge in [-0.05, 0) is 66.8 Å². The van der Waals surface area contributed by atoms with Crippen LogP contribution in [-0.4, -0.2) is 50.3 Å². The highest BCUT2D eigenvalue weighted by atomic mass is 32.2. The van der Waals surface area contributed by atoms with Crippen molar-refractivity contribution in [2.75, 3.05) is 17.2 Å². The van der Waals surface area contributed by atoms with Crippen LogP contribution in [0.15, 0.2) is 83.0 Å². The van der Waals surface area contributed by atoms with E-state index in [9.17, 15) is 18.0 Å². The van der Waals surface area contributed by atoms with Crippen molar-refractivity contribution < 1.29 is 22.7 Å². The number of nitrogens with zero attached hydrogens (tertiary/aromatic N) is 6. The fourth-order valence-corrected chi connectivity index (χ4v) is 6.01. The molecular weight excluding hydrogens is 589 g/mol. The standard InChI is InChI=1S/C32H31F3N6O2S/c1-20(2)28-21(3)6-5-7-27(28)40-16-17-44-31(40)38-30(42)37-22(4)18-23-8-10-24(11-9-23)29-36-19-41(39-29)25-12-14-26(15-13-25)43-32(33,34)35/h5-15,19-20H,16-18H2,1-4H3. The Hall–Kier alpha value is -4.45. The molecule has 2 heterocycles. The Kier molecular flexibility index (Phi) is 9.19. The quantitative estimate of drug-likeness (QED) is 0.195. The molecule has 0 unspecified atom stereocenters. The molecule has 228 valence electrons. The summed E-state index contributed by atoms with van der Waals surface area (Å²) in [7, 11) is 0. The van der Waals surface area contributed by atoms with Crippen LogP contribution in [0.1, 0.15) is 43.4 Å². The van der Waals surface area contributed by atoms with Crippen molar-refractivity contribution >= 4 is 34.4 Å². The van der Waals surface area contributed by atoms with Crippen LogP contribution in [0.5, 0.6) is 5.75 Å². The number of aliphatic imine (C=N–C) groups is 2. The van der Waals surface area contributed by atoms with E-state index in [1.54, 1.807) is 18.7 Å². The van der Waals surface area contributed by atoms with Gasteiger partial charge in [0.1, 0.15) is 12.1 Å². The summed E-state index contributed by atoms with van der Waals surface area (Å²) < 4.78 is 42.6. The first kappa shape index (κ1) is 31.0. The van der Waals surface area contributed by atoms with E-state index in [0.29, 0.717) is 34.7 Å². The van der Waals surface area contributed by atoms with E-state index in [0.717, 1.165) is 29.1 Å². The SMILES string of the molecule is CC(Cc1ccc(-c2ncn(-c3ccc(OC(F)(F)F)cc3)n2)cc1)=NC(=O)N=C1SCCN1c1cccc(C)c1C(C)C. The lowest BCUT2D eigenvalue weighted by atomic mass is 9.95. The number of amidine groups is 1. The highest BCUT2D eigenvalue weighted by molar-refractivity contribution is 8.14. The van der Waals surface area contributed by atoms with Crippen LogP contribution in [0.4, 0.5) is 23.7 Å². The van der Waals surface area contributed by atoms with Crippen molar-refractivity contribution in [2.45, 2.75) is 46.4 Å². The Morgan fingerprint density at radius 1 is 1.07 bits per heavy atom. The topological polar surface area (TPSA) is 85.0 Å². The van der Waals surface area contributed by atoms with Gasteiger partial charge in [0.2, 0.25) is 0 Å². The Bertz CT molecular complexity index is 1700. The molecule has 0 aliphatic carbocycles. The molecule has 12 heteroatoms. The molecule has 3 aromatic carbocycles. The van der Waals surface area contributed by atoms with Gasteiger partial charge in [0.25, 0.3) is 0 Å². The molecule has 0 bridgehead atoms. The number of amides is 2. The zero-order valence-electron chi connectivity index (χ0n) is 24.7. The summed E-state index contributed by atoms with van der Waals surface area (Å²) in [6.07, 6.45) is -2.80. The number of carbonyl (C=O) groups is 1. The van der Waals surface area contributed by atoms with E-state index in [2.05, 4.69) is 62.6 Å². The smallest absolute Gasteiger partial charge is 0.406 e. The molecule has 4 aromatic rings. The van der Waals surface area contributed by atoms with Gasteiger partial charge in [-0.3, -0.25) is 0 Å². The Balaban J connectivity index is 1.23. The van der Waals surface area contributed by atoms with Crippen LogP contribution in [0, 0.1) is 6.92 Å². The number of ether oxygens (including phenoxy) is 1. The number of carbonyl (C=O) groups excluding carboxylic acids is 1. The number of thioether (sulfide) groups is 1. The molecule has 0 spiro atoms. The normalized spacial score (nSPS) is 15.0. The molecule has 0 N–H and O–H groups in total. The van der Waals surface area contributed by atoms with E-state index >= 15 is 0 Å². The number of hydrogen-bond acceptors (Lipinski definition) is 5. The fraction of sp³-hybridized carbons (Fsp3) is 0.281. The van der Waals surface area contributed by atoms with Gasteiger partial charge >= 0.3 is 12.4 Å². The van der Waals surface area contributed by atoms with Crippen LogP contribution in [0.2, 0.25) is 0 Å². The second-order valence-electron chi connectivity index (χ2n) is 10.6. The number of alkyl halides is 3. The van der Waals surface area contributed by atoms with E-state index in [1.807, 2.05) is 30.3 Å². The van der Waals surface area contributed by atoms with Crippen LogP contribution < -0.4 is 9.64 Å². The lowest BCUT2D eigenvalue weighted by Gasteiger charge is -2.24. The first-order valence-corrected chi connectivity index (χ1v) is 15.0. The third-order valence-electron chi connectivity index (χ3n) is 6.92. The van der Waals surface area contributed by atoms with Gasteiger partial charge in [-0.25, -0.2) is 19.5 Å². The Morgan fingerprint density at radius 3 is 2.48 bits per heavy atom. The third kappa shape index (κ3) is 7.54. The van der Waals surface area contributed by atoms with Crippen molar-refractivity contribution in [1.82, 2.24) is 14.8 Å². The summed E-state index contributed by atoms with van der Waals surface area (Å²) in [5.41, 5.74) is 6.45. The first-order valence-electron chi connectivity index (χ1n) is 14.0. The van der Waals surface area contributed by atoms with Crippen molar-refractivity contribution in [3.63, 3.8) is 0 Å². The minimum atomic E-state index is -4.75. The molecule has 8 nitrogen and oxygen atoms in total. The van der Waals surface area contributed by atoms with Crippen molar-refractivity contribution in [2.24, 2.45) is 9.98 Å². The molecule has 0 saturated carbocycles. The van der Waals surface area contributed by atoms with Gasteiger partial charge in [-0.2, -0.15) is 4.99 Å². The maximum absolute atomic E-state index is 12.8. The molecule has 1 fully saturated rings. The lowest BCUT2D eigenvalue weighted by molar-refractivity contribution is -0.274. The highest BCUT2D eigenvalue weighted by Gasteiger charge is 2.31. The number of aryl methyl sites for hydroxylation is 1. The number of aromatic nitrogens is 3. The summed E-state index contributed by atoms with van der Waals surface area (Å²) in [6, 6.07) is 18.6. The van der Waals surface area contributed by atoms with Crippen molar-refractivity contribution in [3.8, 4) is 22.8 Å². The van der Waals surface area contributed by atoms with Gasteiger partial charge < -0.3 is 9.64 Å². The molecule has 1 aliphatic rings. The van der Waals surface area contributed by atoms with Gasteiger partial charge in [-0.15, -0.1) is 18.3 Å². The minimum absolute atomic E-state index is 0.313. The third-order valence-corrected chi connectivity index (χ3v) is 7.88. The molecule has 0 atom stereocenters. The first-order chi connectivity index (χ1) is 21.0. The average Bonchev–Trinajstić information content (AvgIpc) is 3.63. The van der Waals surface area contributed by atoms with E-state index in [4.69, 9.17) is 0 Å². The number of rotatable bonds is 7. The summed E-state index contributed by atoms with van der Waals surface area (Å²) in [6.45, 7) is 9.03. The number of halogens is 3. The number of hydrogen-bond donors (Lipinski definition) is 0. The maximum atomic E-state index is 12.8. The predicted molar refractivity (Wildman–Crippen MR) is 168 cm³/mol. The summed E-state index contributed by atoms with van der Waals surface area (Å²) in [4.78, 5) is 27.8.